The minimum absolute atomic E-state index is 0.0230. The molecule has 8 nitrogen and oxygen atoms in total. The molecule has 0 fully saturated rings. The Labute approximate surface area is 221 Å². The fourth-order valence-electron chi connectivity index (χ4n) is 3.36. The molecule has 0 spiro atoms. The van der Waals surface area contributed by atoms with E-state index in [1.807, 2.05) is 27.7 Å². The lowest BCUT2D eigenvalue weighted by Crippen LogP contribution is -2.11. The van der Waals surface area contributed by atoms with Crippen molar-refractivity contribution in [2.45, 2.75) is 88.9 Å². The van der Waals surface area contributed by atoms with E-state index in [0.29, 0.717) is 13.2 Å². The lowest BCUT2D eigenvalue weighted by molar-refractivity contribution is 0.279. The van der Waals surface area contributed by atoms with Gasteiger partial charge in [-0.15, -0.1) is 0 Å². The molecule has 0 aliphatic heterocycles. The number of ether oxygens (including phenoxy) is 4. The number of benzene rings is 2. The Hall–Kier alpha value is -2.81. The number of aromatic hydroxyl groups is 2. The van der Waals surface area contributed by atoms with Gasteiger partial charge in [-0.1, -0.05) is 53.4 Å². The summed E-state index contributed by atoms with van der Waals surface area (Å²) in [4.78, 5) is -0.308. The summed E-state index contributed by atoms with van der Waals surface area (Å²) in [6.07, 6.45) is 6.43. The van der Waals surface area contributed by atoms with Gasteiger partial charge in [0.15, 0.2) is 23.0 Å². The van der Waals surface area contributed by atoms with Crippen molar-refractivity contribution < 1.29 is 37.6 Å². The zero-order chi connectivity index (χ0) is 27.3. The molecule has 0 aliphatic carbocycles. The minimum Gasteiger partial charge on any atom is -0.504 e. The predicted molar refractivity (Wildman–Crippen MR) is 143 cm³/mol. The van der Waals surface area contributed by atoms with Gasteiger partial charge in [-0.25, -0.2) is 8.42 Å². The molecule has 0 aromatic heterocycles. The lowest BCUT2D eigenvalue weighted by atomic mass is 10.3. The van der Waals surface area contributed by atoms with Crippen LogP contribution in [0.4, 0.5) is 0 Å². The van der Waals surface area contributed by atoms with Gasteiger partial charge in [0.1, 0.15) is 21.3 Å². The third-order valence-electron chi connectivity index (χ3n) is 5.65. The highest BCUT2D eigenvalue weighted by atomic mass is 32.2. The maximum Gasteiger partial charge on any atom is 0.214 e. The van der Waals surface area contributed by atoms with Gasteiger partial charge in [0.2, 0.25) is 9.84 Å². The number of phenolic OH excluding ortho intramolecular Hbond substituents is 2. The van der Waals surface area contributed by atoms with Crippen LogP contribution in [0.3, 0.4) is 0 Å². The van der Waals surface area contributed by atoms with Crippen LogP contribution in [-0.2, 0) is 9.84 Å². The maximum absolute atomic E-state index is 14.1. The summed E-state index contributed by atoms with van der Waals surface area (Å²) in [5.41, 5.74) is 0. The summed E-state index contributed by atoms with van der Waals surface area (Å²) >= 11 is 0. The van der Waals surface area contributed by atoms with E-state index in [4.69, 9.17) is 18.9 Å². The first-order chi connectivity index (χ1) is 17.8. The number of rotatable bonds is 18. The fourth-order valence-corrected chi connectivity index (χ4v) is 4.89. The molecule has 0 saturated carbocycles. The van der Waals surface area contributed by atoms with Crippen LogP contribution in [0.5, 0.6) is 34.5 Å². The van der Waals surface area contributed by atoms with Crippen molar-refractivity contribution in [1.82, 2.24) is 0 Å². The molecule has 0 radical (unpaired) electrons. The number of hydrogen-bond donors (Lipinski definition) is 2. The molecule has 0 heterocycles. The van der Waals surface area contributed by atoms with Crippen LogP contribution in [0.15, 0.2) is 34.1 Å². The zero-order valence-electron chi connectivity index (χ0n) is 22.5. The number of hydrogen-bond acceptors (Lipinski definition) is 8. The van der Waals surface area contributed by atoms with Crippen LogP contribution < -0.4 is 18.9 Å². The Bertz CT molecular complexity index is 1000. The first-order valence-corrected chi connectivity index (χ1v) is 14.8. The van der Waals surface area contributed by atoms with Gasteiger partial charge in [-0.05, 0) is 25.7 Å². The summed E-state index contributed by atoms with van der Waals surface area (Å²) < 4.78 is 51.2. The summed E-state index contributed by atoms with van der Waals surface area (Å²) in [6, 6.07) is 5.14. The minimum atomic E-state index is -4.25. The van der Waals surface area contributed by atoms with Crippen molar-refractivity contribution >= 4 is 9.84 Å². The molecule has 0 aliphatic rings. The normalized spacial score (nSPS) is 11.4. The average molecular weight is 539 g/mol. The average Bonchev–Trinajstić information content (AvgIpc) is 2.86. The Morgan fingerprint density at radius 1 is 0.541 bits per heavy atom. The van der Waals surface area contributed by atoms with E-state index in [2.05, 4.69) is 0 Å². The molecule has 9 heteroatoms. The second-order valence-electron chi connectivity index (χ2n) is 8.84. The van der Waals surface area contributed by atoms with E-state index in [9.17, 15) is 18.6 Å². The first kappa shape index (κ1) is 30.4. The molecular weight excluding hydrogens is 496 g/mol. The molecule has 2 N–H and O–H groups in total. The summed E-state index contributed by atoms with van der Waals surface area (Å²) in [5.74, 6) is -0.238. The summed E-state index contributed by atoms with van der Waals surface area (Å²) in [5, 5.41) is 21.1. The van der Waals surface area contributed by atoms with Gasteiger partial charge >= 0.3 is 0 Å². The van der Waals surface area contributed by atoms with E-state index < -0.39 is 9.84 Å². The molecule has 0 bridgehead atoms. The van der Waals surface area contributed by atoms with Crippen LogP contribution in [0.25, 0.3) is 0 Å². The second kappa shape index (κ2) is 15.4. The van der Waals surface area contributed by atoms with Gasteiger partial charge in [-0.3, -0.25) is 0 Å². The molecule has 37 heavy (non-hydrogen) atoms. The third kappa shape index (κ3) is 8.62. The Balaban J connectivity index is 2.64. The van der Waals surface area contributed by atoms with E-state index in [1.54, 1.807) is 0 Å². The van der Waals surface area contributed by atoms with Gasteiger partial charge in [0, 0.05) is 24.3 Å². The van der Waals surface area contributed by atoms with E-state index in [0.717, 1.165) is 51.4 Å². The van der Waals surface area contributed by atoms with Gasteiger partial charge < -0.3 is 29.2 Å². The maximum atomic E-state index is 14.1. The molecule has 2 aromatic carbocycles. The highest BCUT2D eigenvalue weighted by molar-refractivity contribution is 7.91. The quantitative estimate of drug-likeness (QED) is 0.203. The SMILES string of the molecule is CCCCOc1cc(S(=O)(=O)c2cc(OCCCC)c(O)cc2OCCCC)c(OCCCC)cc1O. The van der Waals surface area contributed by atoms with Crippen molar-refractivity contribution in [3.63, 3.8) is 0 Å². The number of unbranched alkanes of at least 4 members (excludes halogenated alkanes) is 4. The lowest BCUT2D eigenvalue weighted by Gasteiger charge is -2.18. The zero-order valence-corrected chi connectivity index (χ0v) is 23.4. The van der Waals surface area contributed by atoms with E-state index in [1.165, 1.54) is 24.3 Å². The van der Waals surface area contributed by atoms with Crippen LogP contribution >= 0.6 is 0 Å². The molecule has 2 aromatic rings. The monoisotopic (exact) mass is 538 g/mol. The Morgan fingerprint density at radius 2 is 0.838 bits per heavy atom. The van der Waals surface area contributed by atoms with Crippen molar-refractivity contribution in [2.75, 3.05) is 26.4 Å². The first-order valence-electron chi connectivity index (χ1n) is 13.3. The fraction of sp³-hybridized carbons (Fsp3) is 0.571. The Morgan fingerprint density at radius 3 is 1.14 bits per heavy atom. The molecule has 0 unspecified atom stereocenters. The molecule has 2 rings (SSSR count). The highest BCUT2D eigenvalue weighted by Gasteiger charge is 2.30. The molecule has 208 valence electrons. The summed E-state index contributed by atoms with van der Waals surface area (Å²) in [6.45, 7) is 9.26. The standard InChI is InChI=1S/C28H42O8S/c1-5-9-13-33-23-19-27(25(17-21(23)29)35-15-11-7-3)37(31,32)28-20-24(34-14-10-6-2)22(30)18-26(28)36-16-12-8-4/h17-20,29-30H,5-16H2,1-4H3. The van der Waals surface area contributed by atoms with Crippen molar-refractivity contribution in [3.05, 3.63) is 24.3 Å². The van der Waals surface area contributed by atoms with Crippen molar-refractivity contribution in [2.24, 2.45) is 0 Å². The topological polar surface area (TPSA) is 112 Å². The second-order valence-corrected chi connectivity index (χ2v) is 10.7. The molecular formula is C28H42O8S. The van der Waals surface area contributed by atoms with Gasteiger partial charge in [0.25, 0.3) is 0 Å². The van der Waals surface area contributed by atoms with E-state index >= 15 is 0 Å². The molecule has 0 atom stereocenters. The summed E-state index contributed by atoms with van der Waals surface area (Å²) in [7, 11) is -4.25. The smallest absolute Gasteiger partial charge is 0.214 e. The predicted octanol–water partition coefficient (Wildman–Crippen LogP) is 6.65. The van der Waals surface area contributed by atoms with Crippen molar-refractivity contribution in [3.8, 4) is 34.5 Å². The Kier molecular flexibility index (Phi) is 12.7. The van der Waals surface area contributed by atoms with Crippen LogP contribution in [0.1, 0.15) is 79.1 Å². The largest absolute Gasteiger partial charge is 0.504 e. The molecule has 0 saturated heterocycles. The van der Waals surface area contributed by atoms with E-state index in [-0.39, 0.29) is 57.5 Å². The van der Waals surface area contributed by atoms with Gasteiger partial charge in [0.05, 0.1) is 26.4 Å². The third-order valence-corrected chi connectivity index (χ3v) is 7.45. The van der Waals surface area contributed by atoms with Crippen LogP contribution in [0.2, 0.25) is 0 Å². The van der Waals surface area contributed by atoms with Crippen LogP contribution in [-0.4, -0.2) is 45.1 Å². The number of sulfone groups is 1. The van der Waals surface area contributed by atoms with Crippen LogP contribution in [0, 0.1) is 0 Å². The van der Waals surface area contributed by atoms with Gasteiger partial charge in [-0.2, -0.15) is 0 Å². The number of phenols is 2. The highest BCUT2D eigenvalue weighted by Crippen LogP contribution is 2.44. The molecule has 0 amide bonds. The van der Waals surface area contributed by atoms with Crippen molar-refractivity contribution in [1.29, 1.82) is 0 Å².